The number of unbranched alkanes of at least 4 members (excludes halogenated alkanes) is 1. The Hall–Kier alpha value is -2.55. The van der Waals surface area contributed by atoms with Crippen molar-refractivity contribution in [3.05, 3.63) is 42.0 Å². The van der Waals surface area contributed by atoms with Gasteiger partial charge in [0.25, 0.3) is 5.91 Å². The minimum absolute atomic E-state index is 0. The Bertz CT molecular complexity index is 1010. The lowest BCUT2D eigenvalue weighted by atomic mass is 10.2. The number of benzene rings is 2. The number of rotatable bonds is 9. The molecule has 0 radical (unpaired) electrons. The van der Waals surface area contributed by atoms with Gasteiger partial charge < -0.3 is 19.1 Å². The molecule has 1 amide bonds. The minimum Gasteiger partial charge on any atom is -0.494 e. The molecule has 0 bridgehead atoms. The van der Waals surface area contributed by atoms with Crippen molar-refractivity contribution < 1.29 is 19.0 Å². The molecule has 0 saturated carbocycles. The molecule has 0 aliphatic carbocycles. The van der Waals surface area contributed by atoms with Crippen LogP contribution in [0.2, 0.25) is 0 Å². The number of nitrogens with zero attached hydrogens (tertiary/aromatic N) is 3. The van der Waals surface area contributed by atoms with E-state index in [0.29, 0.717) is 35.3 Å². The molecule has 1 aromatic heterocycles. The maximum atomic E-state index is 13.4. The van der Waals surface area contributed by atoms with Gasteiger partial charge >= 0.3 is 0 Å². The molecule has 0 spiro atoms. The zero-order valence-corrected chi connectivity index (χ0v) is 20.1. The van der Waals surface area contributed by atoms with Gasteiger partial charge in [-0.3, -0.25) is 9.69 Å². The van der Waals surface area contributed by atoms with Crippen molar-refractivity contribution in [1.82, 2.24) is 9.88 Å². The summed E-state index contributed by atoms with van der Waals surface area (Å²) in [5, 5.41) is 0.661. The number of fused-ring (bicyclic) bond motifs is 2. The number of ether oxygens (including phenoxy) is 3. The van der Waals surface area contributed by atoms with Gasteiger partial charge in [0.1, 0.15) is 5.75 Å². The van der Waals surface area contributed by atoms with Crippen molar-refractivity contribution in [2.75, 3.05) is 45.5 Å². The molecular weight excluding hydrogens is 450 g/mol. The van der Waals surface area contributed by atoms with Gasteiger partial charge in [0, 0.05) is 30.8 Å². The first-order valence-electron chi connectivity index (χ1n) is 10.4. The summed E-state index contributed by atoms with van der Waals surface area (Å²) >= 11 is 1.48. The van der Waals surface area contributed by atoms with Crippen LogP contribution in [0, 0.1) is 0 Å². The third kappa shape index (κ3) is 5.43. The zero-order valence-electron chi connectivity index (χ0n) is 18.5. The van der Waals surface area contributed by atoms with E-state index in [1.54, 1.807) is 4.90 Å². The maximum absolute atomic E-state index is 13.4. The van der Waals surface area contributed by atoms with Gasteiger partial charge in [-0.05, 0) is 44.8 Å². The number of aromatic nitrogens is 1. The Morgan fingerprint density at radius 3 is 2.53 bits per heavy atom. The third-order valence-corrected chi connectivity index (χ3v) is 6.03. The summed E-state index contributed by atoms with van der Waals surface area (Å²) in [5.41, 5.74) is 1.40. The van der Waals surface area contributed by atoms with Crippen LogP contribution in [0.15, 0.2) is 36.4 Å². The molecule has 0 N–H and O–H groups in total. The number of thiazole rings is 1. The van der Waals surface area contributed by atoms with Gasteiger partial charge in [0.05, 0.1) is 16.8 Å². The summed E-state index contributed by atoms with van der Waals surface area (Å²) in [5.74, 6) is 2.10. The molecule has 0 fully saturated rings. The molecule has 7 nitrogen and oxygen atoms in total. The molecule has 2 aromatic carbocycles. The molecule has 1 aliphatic rings. The average Bonchev–Trinajstić information content (AvgIpc) is 3.38. The molecule has 2 heterocycles. The van der Waals surface area contributed by atoms with Crippen LogP contribution < -0.4 is 19.1 Å². The van der Waals surface area contributed by atoms with Crippen molar-refractivity contribution in [2.24, 2.45) is 0 Å². The first-order chi connectivity index (χ1) is 15.0. The Morgan fingerprint density at radius 1 is 1.12 bits per heavy atom. The molecule has 1 aliphatic heterocycles. The lowest BCUT2D eigenvalue weighted by molar-refractivity contribution is 0.0985. The number of likely N-dealkylation sites (N-methyl/N-ethyl adjacent to an activating group) is 1. The van der Waals surface area contributed by atoms with Crippen LogP contribution in [0.25, 0.3) is 10.2 Å². The normalized spacial score (nSPS) is 12.1. The second kappa shape index (κ2) is 10.8. The monoisotopic (exact) mass is 477 g/mol. The van der Waals surface area contributed by atoms with Crippen LogP contribution in [0.3, 0.4) is 0 Å². The lowest BCUT2D eigenvalue weighted by Crippen LogP contribution is -2.36. The van der Waals surface area contributed by atoms with Gasteiger partial charge in [-0.1, -0.05) is 24.7 Å². The minimum atomic E-state index is -0.0824. The predicted molar refractivity (Wildman–Crippen MR) is 130 cm³/mol. The number of hydrogen-bond acceptors (Lipinski definition) is 7. The number of halogens is 1. The number of amides is 1. The summed E-state index contributed by atoms with van der Waals surface area (Å²) in [6.45, 7) is 4.30. The summed E-state index contributed by atoms with van der Waals surface area (Å²) in [7, 11) is 3.98. The van der Waals surface area contributed by atoms with Crippen molar-refractivity contribution in [3.63, 3.8) is 0 Å². The van der Waals surface area contributed by atoms with E-state index in [9.17, 15) is 4.79 Å². The largest absolute Gasteiger partial charge is 0.494 e. The molecule has 9 heteroatoms. The summed E-state index contributed by atoms with van der Waals surface area (Å²) in [6.07, 6.45) is 2.09. The van der Waals surface area contributed by atoms with Gasteiger partial charge in [-0.2, -0.15) is 0 Å². The summed E-state index contributed by atoms with van der Waals surface area (Å²) in [6, 6.07) is 11.1. The maximum Gasteiger partial charge on any atom is 0.260 e. The fourth-order valence-electron chi connectivity index (χ4n) is 3.19. The average molecular weight is 478 g/mol. The molecule has 0 atom stereocenters. The highest BCUT2D eigenvalue weighted by Gasteiger charge is 2.23. The quantitative estimate of drug-likeness (QED) is 0.411. The summed E-state index contributed by atoms with van der Waals surface area (Å²) < 4.78 is 17.6. The number of carbonyl (C=O) groups excluding carboxylic acids is 1. The topological polar surface area (TPSA) is 64.1 Å². The number of hydrogen-bond donors (Lipinski definition) is 0. The van der Waals surface area contributed by atoms with Crippen LogP contribution in [0.5, 0.6) is 17.2 Å². The van der Waals surface area contributed by atoms with Crippen molar-refractivity contribution in [2.45, 2.75) is 19.8 Å². The SMILES string of the molecule is CCCCOc1ccc(C(=O)N(CCN(C)C)c2nc3cc4c(cc3s2)OCO4)cc1.Cl. The van der Waals surface area contributed by atoms with E-state index in [-0.39, 0.29) is 25.1 Å². The zero-order chi connectivity index (χ0) is 21.8. The Labute approximate surface area is 198 Å². The van der Waals surface area contributed by atoms with Crippen LogP contribution in [0.1, 0.15) is 30.1 Å². The standard InChI is InChI=1S/C23H27N3O4S.ClH/c1-4-5-12-28-17-8-6-16(7-9-17)22(27)26(11-10-25(2)3)23-24-18-13-19-20(30-15-29-19)14-21(18)31-23;/h6-9,13-14H,4-5,10-12,15H2,1-3H3;1H. The van der Waals surface area contributed by atoms with Gasteiger partial charge in [0.2, 0.25) is 6.79 Å². The fourth-order valence-corrected chi connectivity index (χ4v) is 4.19. The first kappa shape index (κ1) is 24.1. The Morgan fingerprint density at radius 2 is 1.84 bits per heavy atom. The van der Waals surface area contributed by atoms with E-state index >= 15 is 0 Å². The van der Waals surface area contributed by atoms with E-state index in [2.05, 4.69) is 11.8 Å². The molecule has 172 valence electrons. The van der Waals surface area contributed by atoms with E-state index in [1.165, 1.54) is 11.3 Å². The highest BCUT2D eigenvalue weighted by Crippen LogP contribution is 2.40. The second-order valence-corrected chi connectivity index (χ2v) is 8.67. The van der Waals surface area contributed by atoms with Gasteiger partial charge in [-0.15, -0.1) is 12.4 Å². The van der Waals surface area contributed by atoms with E-state index in [0.717, 1.165) is 35.4 Å². The van der Waals surface area contributed by atoms with Crippen LogP contribution in [-0.4, -0.2) is 56.4 Å². The lowest BCUT2D eigenvalue weighted by Gasteiger charge is -2.22. The molecule has 32 heavy (non-hydrogen) atoms. The summed E-state index contributed by atoms with van der Waals surface area (Å²) in [4.78, 5) is 21.9. The molecule has 3 aromatic rings. The molecule has 0 unspecified atom stereocenters. The van der Waals surface area contributed by atoms with Crippen molar-refractivity contribution >= 4 is 45.0 Å². The third-order valence-electron chi connectivity index (χ3n) is 4.99. The molecule has 4 rings (SSSR count). The highest BCUT2D eigenvalue weighted by molar-refractivity contribution is 7.22. The molecular formula is C23H28ClN3O4S. The smallest absolute Gasteiger partial charge is 0.260 e. The highest BCUT2D eigenvalue weighted by atomic mass is 35.5. The van der Waals surface area contributed by atoms with Crippen LogP contribution >= 0.6 is 23.7 Å². The second-order valence-electron chi connectivity index (χ2n) is 7.66. The van der Waals surface area contributed by atoms with Gasteiger partial charge in [-0.25, -0.2) is 4.98 Å². The van der Waals surface area contributed by atoms with E-state index in [1.807, 2.05) is 50.5 Å². The number of carbonyl (C=O) groups is 1. The van der Waals surface area contributed by atoms with E-state index < -0.39 is 0 Å². The fraction of sp³-hybridized carbons (Fsp3) is 0.391. The Balaban J connectivity index is 0.00000289. The van der Waals surface area contributed by atoms with E-state index in [4.69, 9.17) is 19.2 Å². The van der Waals surface area contributed by atoms with Crippen LogP contribution in [0.4, 0.5) is 5.13 Å². The number of anilines is 1. The van der Waals surface area contributed by atoms with Gasteiger partial charge in [0.15, 0.2) is 16.6 Å². The van der Waals surface area contributed by atoms with Crippen molar-refractivity contribution in [3.8, 4) is 17.2 Å². The first-order valence-corrected chi connectivity index (χ1v) is 11.3. The molecule has 0 saturated heterocycles. The predicted octanol–water partition coefficient (Wildman–Crippen LogP) is 4.83. The Kier molecular flexibility index (Phi) is 8.17. The van der Waals surface area contributed by atoms with Crippen molar-refractivity contribution in [1.29, 1.82) is 0 Å². The van der Waals surface area contributed by atoms with Crippen LogP contribution in [-0.2, 0) is 0 Å².